The Labute approximate surface area is 246 Å². The summed E-state index contributed by atoms with van der Waals surface area (Å²) in [6.07, 6.45) is 3.33. The van der Waals surface area contributed by atoms with E-state index in [4.69, 9.17) is 16.6 Å². The molecule has 2 aromatic heterocycles. The third-order valence-electron chi connectivity index (χ3n) is 5.77. The first-order valence-corrected chi connectivity index (χ1v) is 12.7. The van der Waals surface area contributed by atoms with Gasteiger partial charge in [-0.25, -0.2) is 22.8 Å². The topological polar surface area (TPSA) is 91.3 Å². The fourth-order valence-corrected chi connectivity index (χ4v) is 5.07. The van der Waals surface area contributed by atoms with Crippen molar-refractivity contribution in [2.24, 2.45) is 0 Å². The summed E-state index contributed by atoms with van der Waals surface area (Å²) < 4.78 is 41.1. The molecule has 4 aromatic rings. The maximum Gasteiger partial charge on any atom is 0.261 e. The average Bonchev–Trinajstić information content (AvgIpc) is 2.85. The van der Waals surface area contributed by atoms with E-state index in [1.165, 1.54) is 12.1 Å². The molecule has 1 N–H and O–H groups in total. The number of piperazine rings is 1. The molecule has 1 aliphatic rings. The molecule has 0 bridgehead atoms. The molecule has 3 heterocycles. The van der Waals surface area contributed by atoms with E-state index < -0.39 is 15.8 Å². The molecule has 1 saturated heterocycles. The summed E-state index contributed by atoms with van der Waals surface area (Å²) in [6, 6.07) is 11.7. The van der Waals surface area contributed by atoms with Gasteiger partial charge in [0.05, 0.1) is 27.8 Å². The Balaban J connectivity index is 0.00000190. The third kappa shape index (κ3) is 6.61. The fraction of sp³-hybridized carbons (Fsp3) is 0.160. The number of rotatable bonds is 5. The van der Waals surface area contributed by atoms with Crippen LogP contribution < -0.4 is 9.62 Å². The van der Waals surface area contributed by atoms with Crippen molar-refractivity contribution in [1.82, 2.24) is 19.9 Å². The van der Waals surface area contributed by atoms with Gasteiger partial charge in [-0.15, -0.1) is 0 Å². The van der Waals surface area contributed by atoms with Crippen LogP contribution >= 0.6 is 11.6 Å². The molecule has 1 aliphatic heterocycles. The van der Waals surface area contributed by atoms with Crippen molar-refractivity contribution < 1.29 is 45.5 Å². The van der Waals surface area contributed by atoms with Crippen LogP contribution in [-0.4, -0.2) is 54.4 Å². The minimum Gasteiger partial charge on any atom is -0.456 e. The predicted octanol–water partition coefficient (Wildman–Crippen LogP) is 4.65. The van der Waals surface area contributed by atoms with Crippen LogP contribution in [0.25, 0.3) is 22.2 Å². The number of benzene rings is 2. The standard InChI is InChI=1S/C24H21ClFN6O2S.CH3.Y/c1-31-8-10-32(11-9-31)23-15-27-20-7-2-16(12-21(20)29-23)17-13-22(24(25)28-14-17)30-35(33,34)19-5-3-18(26)4-6-19;;/h2-7,12-15,30H,1,8-11H2;1H3;/q2*-1;. The minimum absolute atomic E-state index is 0. The van der Waals surface area contributed by atoms with Gasteiger partial charge in [0.15, 0.2) is 5.15 Å². The predicted molar refractivity (Wildman–Crippen MR) is 141 cm³/mol. The van der Waals surface area contributed by atoms with Crippen LogP contribution in [-0.2, 0) is 42.7 Å². The van der Waals surface area contributed by atoms with Crippen LogP contribution in [0, 0.1) is 20.3 Å². The number of fused-ring (bicyclic) bond motifs is 1. The average molecular weight is 616 g/mol. The van der Waals surface area contributed by atoms with Gasteiger partial charge in [-0.2, -0.15) is 0 Å². The molecule has 2 aromatic carbocycles. The van der Waals surface area contributed by atoms with Crippen molar-refractivity contribution >= 4 is 44.2 Å². The Morgan fingerprint density at radius 1 is 0.919 bits per heavy atom. The van der Waals surface area contributed by atoms with Gasteiger partial charge in [-0.3, -0.25) is 16.8 Å². The molecular formula is C25H24ClFN6O2SY-2. The SMILES string of the molecule is [CH2-]N1CCN(c2cnc3ccc(-c4cnc(Cl)c(NS(=O)(=O)c5ccc(F)cc5)c4)cc3n2)CC1.[CH3-].[Y]. The second-order valence-corrected chi connectivity index (χ2v) is 10.2. The van der Waals surface area contributed by atoms with Gasteiger partial charge in [-0.1, -0.05) is 17.7 Å². The number of anilines is 2. The molecule has 12 heteroatoms. The molecule has 0 unspecified atom stereocenters. The van der Waals surface area contributed by atoms with Gasteiger partial charge in [0.25, 0.3) is 10.0 Å². The van der Waals surface area contributed by atoms with E-state index in [1.807, 2.05) is 23.1 Å². The van der Waals surface area contributed by atoms with Crippen molar-refractivity contribution in [3.8, 4) is 11.1 Å². The maximum atomic E-state index is 13.2. The molecule has 8 nitrogen and oxygen atoms in total. The monoisotopic (exact) mass is 615 g/mol. The number of hydrogen-bond acceptors (Lipinski definition) is 7. The first-order valence-electron chi connectivity index (χ1n) is 10.8. The number of nitrogens with one attached hydrogen (secondary N) is 1. The van der Waals surface area contributed by atoms with E-state index in [0.717, 1.165) is 55.2 Å². The summed E-state index contributed by atoms with van der Waals surface area (Å²) in [5, 5.41) is -0.00754. The van der Waals surface area contributed by atoms with Crippen LogP contribution in [0.15, 0.2) is 65.8 Å². The van der Waals surface area contributed by atoms with Crippen molar-refractivity contribution in [1.29, 1.82) is 0 Å². The number of pyridine rings is 1. The molecule has 0 atom stereocenters. The molecular weight excluding hydrogens is 592 g/mol. The molecule has 0 saturated carbocycles. The Morgan fingerprint density at radius 3 is 2.32 bits per heavy atom. The Hall–Kier alpha value is -2.24. The number of hydrogen-bond donors (Lipinski definition) is 1. The van der Waals surface area contributed by atoms with Crippen molar-refractivity contribution in [2.75, 3.05) is 35.8 Å². The molecule has 1 radical (unpaired) electrons. The van der Waals surface area contributed by atoms with Gasteiger partial charge in [0.2, 0.25) is 0 Å². The van der Waals surface area contributed by atoms with E-state index in [9.17, 15) is 12.8 Å². The largest absolute Gasteiger partial charge is 0.456 e. The Kier molecular flexibility index (Phi) is 9.58. The van der Waals surface area contributed by atoms with Crippen molar-refractivity contribution in [3.05, 3.63) is 86.4 Å². The van der Waals surface area contributed by atoms with E-state index in [0.29, 0.717) is 11.1 Å². The van der Waals surface area contributed by atoms with Gasteiger partial charge < -0.3 is 17.2 Å². The molecule has 1 fully saturated rings. The van der Waals surface area contributed by atoms with Gasteiger partial charge in [0.1, 0.15) is 11.6 Å². The zero-order valence-electron chi connectivity index (χ0n) is 20.1. The number of sulfonamides is 1. The van der Waals surface area contributed by atoms with Crippen molar-refractivity contribution in [3.63, 3.8) is 0 Å². The number of halogens is 2. The van der Waals surface area contributed by atoms with Crippen LogP contribution in [0.4, 0.5) is 15.9 Å². The number of aromatic nitrogens is 3. The van der Waals surface area contributed by atoms with Crippen LogP contribution in [0.5, 0.6) is 0 Å². The van der Waals surface area contributed by atoms with E-state index in [1.54, 1.807) is 18.5 Å². The summed E-state index contributed by atoms with van der Waals surface area (Å²) in [7, 11) is -0.0108. The quantitative estimate of drug-likeness (QED) is 0.258. The van der Waals surface area contributed by atoms with Gasteiger partial charge in [-0.05, 0) is 61.1 Å². The molecule has 0 aliphatic carbocycles. The van der Waals surface area contributed by atoms with Gasteiger partial charge in [0, 0.05) is 57.6 Å². The maximum absolute atomic E-state index is 13.2. The summed E-state index contributed by atoms with van der Waals surface area (Å²) in [4.78, 5) is 17.6. The smallest absolute Gasteiger partial charge is 0.261 e. The zero-order valence-corrected chi connectivity index (χ0v) is 24.5. The fourth-order valence-electron chi connectivity index (χ4n) is 3.81. The first-order chi connectivity index (χ1) is 16.8. The normalized spacial score (nSPS) is 14.1. The van der Waals surface area contributed by atoms with Crippen LogP contribution in [0.1, 0.15) is 0 Å². The summed E-state index contributed by atoms with van der Waals surface area (Å²) in [5.74, 6) is 0.266. The van der Waals surface area contributed by atoms with E-state index >= 15 is 0 Å². The van der Waals surface area contributed by atoms with Crippen molar-refractivity contribution in [2.45, 2.75) is 4.90 Å². The molecule has 5 rings (SSSR count). The first kappa shape index (κ1) is 29.3. The zero-order chi connectivity index (χ0) is 24.6. The Bertz CT molecular complexity index is 1500. The summed E-state index contributed by atoms with van der Waals surface area (Å²) in [6.45, 7) is 3.35. The molecule has 37 heavy (non-hydrogen) atoms. The second kappa shape index (κ2) is 12.1. The second-order valence-electron chi connectivity index (χ2n) is 8.16. The molecule has 191 valence electrons. The number of nitrogens with zero attached hydrogens (tertiary/aromatic N) is 5. The molecule has 0 amide bonds. The minimum atomic E-state index is -3.99. The third-order valence-corrected chi connectivity index (χ3v) is 7.45. The van der Waals surface area contributed by atoms with Gasteiger partial charge >= 0.3 is 0 Å². The Morgan fingerprint density at radius 2 is 1.62 bits per heavy atom. The van der Waals surface area contributed by atoms with Crippen LogP contribution in [0.3, 0.4) is 0 Å². The molecule has 0 spiro atoms. The van der Waals surface area contributed by atoms with Crippen LogP contribution in [0.2, 0.25) is 5.15 Å². The summed E-state index contributed by atoms with van der Waals surface area (Å²) in [5.41, 5.74) is 2.98. The van der Waals surface area contributed by atoms with E-state index in [2.05, 4.69) is 26.6 Å². The van der Waals surface area contributed by atoms with E-state index in [-0.39, 0.29) is 55.9 Å². The summed E-state index contributed by atoms with van der Waals surface area (Å²) >= 11 is 6.18.